The molecule has 0 fully saturated rings. The highest BCUT2D eigenvalue weighted by Gasteiger charge is 2.14. The largest absolute Gasteiger partial charge is 0.330 e. The van der Waals surface area contributed by atoms with Crippen molar-refractivity contribution in [3.63, 3.8) is 0 Å². The number of fused-ring (bicyclic) bond motifs is 1. The van der Waals surface area contributed by atoms with Gasteiger partial charge in [0.1, 0.15) is 11.5 Å². The van der Waals surface area contributed by atoms with Crippen molar-refractivity contribution >= 4 is 46.5 Å². The fourth-order valence-corrected chi connectivity index (χ4v) is 2.73. The third-order valence-corrected chi connectivity index (χ3v) is 3.63. The molecule has 0 aliphatic heterocycles. The first-order valence-corrected chi connectivity index (χ1v) is 6.59. The Labute approximate surface area is 123 Å². The molecule has 3 aromatic rings. The van der Waals surface area contributed by atoms with Crippen molar-refractivity contribution in [2.24, 2.45) is 0 Å². The van der Waals surface area contributed by atoms with E-state index in [9.17, 15) is 4.39 Å². The standard InChI is InChI=1S/C13H7Cl2FN2S/c14-7-4-5-11-10(6-7)17-13(19)18(11)12-8(15)2-1-3-9(12)16/h1-6H,(H,17,19). The first kappa shape index (κ1) is 12.7. The first-order valence-electron chi connectivity index (χ1n) is 5.42. The lowest BCUT2D eigenvalue weighted by molar-refractivity contribution is 0.619. The van der Waals surface area contributed by atoms with Crippen LogP contribution in [0.3, 0.4) is 0 Å². The summed E-state index contributed by atoms with van der Waals surface area (Å²) < 4.78 is 15.9. The highest BCUT2D eigenvalue weighted by Crippen LogP contribution is 2.28. The number of H-pyrrole nitrogens is 1. The molecule has 2 nitrogen and oxygen atoms in total. The predicted molar refractivity (Wildman–Crippen MR) is 78.4 cm³/mol. The molecule has 6 heteroatoms. The number of para-hydroxylation sites is 1. The molecular weight excluding hydrogens is 306 g/mol. The number of nitrogens with zero attached hydrogens (tertiary/aromatic N) is 1. The first-order chi connectivity index (χ1) is 9.08. The van der Waals surface area contributed by atoms with Gasteiger partial charge in [-0.1, -0.05) is 29.3 Å². The van der Waals surface area contributed by atoms with Crippen molar-refractivity contribution < 1.29 is 4.39 Å². The molecule has 0 spiro atoms. The zero-order valence-electron chi connectivity index (χ0n) is 9.45. The van der Waals surface area contributed by atoms with E-state index >= 15 is 0 Å². The summed E-state index contributed by atoms with van der Waals surface area (Å²) >= 11 is 17.2. The molecular formula is C13H7Cl2FN2S. The average Bonchev–Trinajstić information content (AvgIpc) is 2.65. The number of aromatic amines is 1. The van der Waals surface area contributed by atoms with Crippen LogP contribution in [0.1, 0.15) is 0 Å². The lowest BCUT2D eigenvalue weighted by Gasteiger charge is -2.08. The maximum atomic E-state index is 14.0. The van der Waals surface area contributed by atoms with Crippen LogP contribution < -0.4 is 0 Å². The number of hydrogen-bond acceptors (Lipinski definition) is 1. The molecule has 19 heavy (non-hydrogen) atoms. The second-order valence-corrected chi connectivity index (χ2v) is 5.23. The van der Waals surface area contributed by atoms with Gasteiger partial charge in [-0.2, -0.15) is 0 Å². The van der Waals surface area contributed by atoms with Crippen molar-refractivity contribution in [1.82, 2.24) is 9.55 Å². The Kier molecular flexibility index (Phi) is 3.09. The van der Waals surface area contributed by atoms with Gasteiger partial charge in [0.15, 0.2) is 4.77 Å². The molecule has 0 unspecified atom stereocenters. The van der Waals surface area contributed by atoms with E-state index in [0.717, 1.165) is 11.0 Å². The van der Waals surface area contributed by atoms with Crippen molar-refractivity contribution in [1.29, 1.82) is 0 Å². The van der Waals surface area contributed by atoms with E-state index in [0.29, 0.717) is 14.8 Å². The van der Waals surface area contributed by atoms with Crippen LogP contribution in [0.25, 0.3) is 16.7 Å². The predicted octanol–water partition coefficient (Wildman–Crippen LogP) is 5.13. The number of aromatic nitrogens is 2. The molecule has 0 radical (unpaired) electrons. The minimum absolute atomic E-state index is 0.239. The molecule has 0 bridgehead atoms. The van der Waals surface area contributed by atoms with Crippen LogP contribution in [-0.2, 0) is 0 Å². The van der Waals surface area contributed by atoms with Crippen LogP contribution in [0.15, 0.2) is 36.4 Å². The zero-order valence-corrected chi connectivity index (χ0v) is 11.8. The summed E-state index contributed by atoms with van der Waals surface area (Å²) in [4.78, 5) is 2.99. The molecule has 0 aliphatic carbocycles. The minimum atomic E-state index is -0.431. The van der Waals surface area contributed by atoms with E-state index < -0.39 is 5.82 Å². The molecule has 0 saturated heterocycles. The van der Waals surface area contributed by atoms with Gasteiger partial charge in [0.05, 0.1) is 16.1 Å². The number of rotatable bonds is 1. The molecule has 96 valence electrons. The van der Waals surface area contributed by atoms with E-state index in [1.54, 1.807) is 34.9 Å². The average molecular weight is 313 g/mol. The number of halogens is 3. The van der Waals surface area contributed by atoms with Gasteiger partial charge in [0, 0.05) is 5.02 Å². The SMILES string of the molecule is Fc1cccc(Cl)c1-n1c(=S)[nH]c2cc(Cl)ccc21. The molecule has 0 atom stereocenters. The molecule has 2 aromatic carbocycles. The zero-order chi connectivity index (χ0) is 13.6. The lowest BCUT2D eigenvalue weighted by atomic mass is 10.2. The van der Waals surface area contributed by atoms with Gasteiger partial charge in [-0.05, 0) is 42.5 Å². The van der Waals surface area contributed by atoms with Gasteiger partial charge in [-0.15, -0.1) is 0 Å². The Balaban J connectivity index is 2.43. The number of imidazole rings is 1. The van der Waals surface area contributed by atoms with Crippen molar-refractivity contribution in [3.05, 3.63) is 57.0 Å². The second kappa shape index (κ2) is 4.63. The monoisotopic (exact) mass is 312 g/mol. The highest BCUT2D eigenvalue weighted by atomic mass is 35.5. The van der Waals surface area contributed by atoms with Crippen molar-refractivity contribution in [2.45, 2.75) is 0 Å². The number of nitrogens with one attached hydrogen (secondary N) is 1. The quantitative estimate of drug-likeness (QED) is 0.617. The molecule has 1 heterocycles. The fraction of sp³-hybridized carbons (Fsp3) is 0. The Hall–Kier alpha value is -1.36. The van der Waals surface area contributed by atoms with Gasteiger partial charge in [-0.25, -0.2) is 4.39 Å². The van der Waals surface area contributed by atoms with Crippen molar-refractivity contribution in [3.8, 4) is 5.69 Å². The van der Waals surface area contributed by atoms with E-state index in [1.807, 2.05) is 0 Å². The Morgan fingerprint density at radius 3 is 2.68 bits per heavy atom. The number of hydrogen-bond donors (Lipinski definition) is 1. The summed E-state index contributed by atoms with van der Waals surface area (Å²) in [5, 5.41) is 0.877. The Morgan fingerprint density at radius 1 is 1.16 bits per heavy atom. The third kappa shape index (κ3) is 2.06. The normalized spacial score (nSPS) is 11.1. The maximum Gasteiger partial charge on any atom is 0.182 e. The minimum Gasteiger partial charge on any atom is -0.330 e. The molecule has 0 saturated carbocycles. The third-order valence-electron chi connectivity index (χ3n) is 2.81. The molecule has 0 amide bonds. The summed E-state index contributed by atoms with van der Waals surface area (Å²) in [7, 11) is 0. The summed E-state index contributed by atoms with van der Waals surface area (Å²) in [6.07, 6.45) is 0. The highest BCUT2D eigenvalue weighted by molar-refractivity contribution is 7.71. The topological polar surface area (TPSA) is 20.7 Å². The van der Waals surface area contributed by atoms with Crippen LogP contribution in [-0.4, -0.2) is 9.55 Å². The van der Waals surface area contributed by atoms with Gasteiger partial charge in [-0.3, -0.25) is 4.57 Å². The van der Waals surface area contributed by atoms with Crippen molar-refractivity contribution in [2.75, 3.05) is 0 Å². The fourth-order valence-electron chi connectivity index (χ4n) is 2.01. The van der Waals surface area contributed by atoms with Gasteiger partial charge in [0.2, 0.25) is 0 Å². The molecule has 1 aromatic heterocycles. The van der Waals surface area contributed by atoms with E-state index in [1.165, 1.54) is 6.07 Å². The molecule has 0 aliphatic rings. The Bertz CT molecular complexity index is 818. The van der Waals surface area contributed by atoms with Gasteiger partial charge >= 0.3 is 0 Å². The summed E-state index contributed by atoms with van der Waals surface area (Å²) in [6.45, 7) is 0. The summed E-state index contributed by atoms with van der Waals surface area (Å²) in [6, 6.07) is 9.74. The van der Waals surface area contributed by atoms with E-state index in [4.69, 9.17) is 35.4 Å². The number of benzene rings is 2. The lowest BCUT2D eigenvalue weighted by Crippen LogP contribution is -1.98. The van der Waals surface area contributed by atoms with Crippen LogP contribution in [0.4, 0.5) is 4.39 Å². The van der Waals surface area contributed by atoms with E-state index in [2.05, 4.69) is 4.98 Å². The smallest absolute Gasteiger partial charge is 0.182 e. The van der Waals surface area contributed by atoms with Gasteiger partial charge < -0.3 is 4.98 Å². The van der Waals surface area contributed by atoms with Gasteiger partial charge in [0.25, 0.3) is 0 Å². The molecule has 1 N–H and O–H groups in total. The van der Waals surface area contributed by atoms with Crippen LogP contribution >= 0.6 is 35.4 Å². The van der Waals surface area contributed by atoms with Crippen LogP contribution in [0, 0.1) is 10.6 Å². The van der Waals surface area contributed by atoms with Crippen LogP contribution in [0.5, 0.6) is 0 Å². The molecule has 3 rings (SSSR count). The Morgan fingerprint density at radius 2 is 1.95 bits per heavy atom. The maximum absolute atomic E-state index is 14.0. The summed E-state index contributed by atoms with van der Waals surface area (Å²) in [5.74, 6) is -0.431. The van der Waals surface area contributed by atoms with E-state index in [-0.39, 0.29) is 5.69 Å². The summed E-state index contributed by atoms with van der Waals surface area (Å²) in [5.41, 5.74) is 1.70. The van der Waals surface area contributed by atoms with Crippen LogP contribution in [0.2, 0.25) is 10.0 Å². The second-order valence-electron chi connectivity index (χ2n) is 4.00.